The normalized spacial score (nSPS) is 16.1. The highest BCUT2D eigenvalue weighted by Crippen LogP contribution is 2.28. The molecule has 0 spiro atoms. The number of pyridine rings is 1. The van der Waals surface area contributed by atoms with Crippen LogP contribution < -0.4 is 0 Å². The van der Waals surface area contributed by atoms with Crippen molar-refractivity contribution in [2.75, 3.05) is 6.54 Å². The van der Waals surface area contributed by atoms with Crippen LogP contribution in [0.4, 0.5) is 0 Å². The zero-order valence-electron chi connectivity index (χ0n) is 9.99. The molecule has 0 unspecified atom stereocenters. The van der Waals surface area contributed by atoms with Gasteiger partial charge in [-0.15, -0.1) is 0 Å². The highest BCUT2D eigenvalue weighted by Gasteiger charge is 2.29. The quantitative estimate of drug-likeness (QED) is 0.732. The van der Waals surface area contributed by atoms with E-state index in [2.05, 4.69) is 29.8 Å². The lowest BCUT2D eigenvalue weighted by molar-refractivity contribution is 0.223. The summed E-state index contributed by atoms with van der Waals surface area (Å²) in [6.45, 7) is 6.61. The number of hydrogen-bond donors (Lipinski definition) is 0. The summed E-state index contributed by atoms with van der Waals surface area (Å²) in [4.78, 5) is 6.89. The van der Waals surface area contributed by atoms with Crippen molar-refractivity contribution in [3.63, 3.8) is 0 Å². The van der Waals surface area contributed by atoms with Gasteiger partial charge in [-0.2, -0.15) is 0 Å². The molecule has 0 aromatic carbocycles. The van der Waals surface area contributed by atoms with E-state index in [4.69, 9.17) is 11.6 Å². The van der Waals surface area contributed by atoms with Gasteiger partial charge in [-0.25, -0.2) is 4.98 Å². The summed E-state index contributed by atoms with van der Waals surface area (Å²) in [7, 11) is 0. The third-order valence-corrected chi connectivity index (χ3v) is 3.01. The SMILES string of the molecule is CC(C)CN(Cc1cccc(Cl)n1)C1CC1. The Kier molecular flexibility index (Phi) is 3.82. The average Bonchev–Trinajstić information content (AvgIpc) is 2.99. The van der Waals surface area contributed by atoms with Gasteiger partial charge in [-0.3, -0.25) is 4.90 Å². The molecular formula is C13H19ClN2. The van der Waals surface area contributed by atoms with Crippen LogP contribution in [0.2, 0.25) is 5.15 Å². The molecular weight excluding hydrogens is 220 g/mol. The molecule has 0 N–H and O–H groups in total. The van der Waals surface area contributed by atoms with Crippen LogP contribution >= 0.6 is 11.6 Å². The van der Waals surface area contributed by atoms with Gasteiger partial charge in [0.15, 0.2) is 0 Å². The first-order chi connectivity index (χ1) is 7.65. The maximum atomic E-state index is 5.90. The molecule has 3 heteroatoms. The molecule has 0 saturated heterocycles. The molecule has 1 fully saturated rings. The van der Waals surface area contributed by atoms with Crippen molar-refractivity contribution in [3.05, 3.63) is 29.0 Å². The lowest BCUT2D eigenvalue weighted by Crippen LogP contribution is -2.29. The van der Waals surface area contributed by atoms with Gasteiger partial charge in [-0.05, 0) is 30.9 Å². The first kappa shape index (κ1) is 11.9. The number of hydrogen-bond acceptors (Lipinski definition) is 2. The van der Waals surface area contributed by atoms with E-state index in [1.54, 1.807) is 0 Å². The minimum atomic E-state index is 0.595. The molecule has 1 aliphatic carbocycles. The Morgan fingerprint density at radius 1 is 1.44 bits per heavy atom. The Morgan fingerprint density at radius 3 is 2.75 bits per heavy atom. The molecule has 2 rings (SSSR count). The molecule has 0 atom stereocenters. The van der Waals surface area contributed by atoms with Gasteiger partial charge >= 0.3 is 0 Å². The monoisotopic (exact) mass is 238 g/mol. The molecule has 0 amide bonds. The highest BCUT2D eigenvalue weighted by molar-refractivity contribution is 6.29. The number of nitrogens with zero attached hydrogens (tertiary/aromatic N) is 2. The predicted octanol–water partition coefficient (Wildman–Crippen LogP) is 3.36. The maximum absolute atomic E-state index is 5.90. The molecule has 1 saturated carbocycles. The molecule has 0 bridgehead atoms. The van der Waals surface area contributed by atoms with Crippen LogP contribution in [-0.4, -0.2) is 22.5 Å². The molecule has 1 heterocycles. The van der Waals surface area contributed by atoms with Crippen LogP contribution in [0.3, 0.4) is 0 Å². The molecule has 1 aromatic rings. The molecule has 0 aliphatic heterocycles. The maximum Gasteiger partial charge on any atom is 0.129 e. The fraction of sp³-hybridized carbons (Fsp3) is 0.615. The first-order valence-electron chi connectivity index (χ1n) is 6.00. The van der Waals surface area contributed by atoms with Gasteiger partial charge in [0.1, 0.15) is 5.15 Å². The summed E-state index contributed by atoms with van der Waals surface area (Å²) in [5.74, 6) is 0.708. The zero-order chi connectivity index (χ0) is 11.5. The Labute approximate surface area is 103 Å². The van der Waals surface area contributed by atoms with Crippen LogP contribution in [0.25, 0.3) is 0 Å². The molecule has 16 heavy (non-hydrogen) atoms. The van der Waals surface area contributed by atoms with E-state index in [9.17, 15) is 0 Å². The van der Waals surface area contributed by atoms with E-state index in [1.165, 1.54) is 12.8 Å². The Morgan fingerprint density at radius 2 is 2.19 bits per heavy atom. The van der Waals surface area contributed by atoms with Crippen LogP contribution in [0.5, 0.6) is 0 Å². The van der Waals surface area contributed by atoms with Crippen molar-refractivity contribution < 1.29 is 0 Å². The molecule has 1 aliphatic rings. The van der Waals surface area contributed by atoms with E-state index in [-0.39, 0.29) is 0 Å². The Balaban J connectivity index is 1.99. The van der Waals surface area contributed by atoms with Gasteiger partial charge in [0.2, 0.25) is 0 Å². The van der Waals surface area contributed by atoms with Gasteiger partial charge in [-0.1, -0.05) is 31.5 Å². The van der Waals surface area contributed by atoms with Crippen LogP contribution in [0, 0.1) is 5.92 Å². The van der Waals surface area contributed by atoms with E-state index in [0.29, 0.717) is 11.1 Å². The van der Waals surface area contributed by atoms with E-state index < -0.39 is 0 Å². The Hall–Kier alpha value is -0.600. The summed E-state index contributed by atoms with van der Waals surface area (Å²) >= 11 is 5.90. The molecule has 1 aromatic heterocycles. The van der Waals surface area contributed by atoms with Crippen molar-refractivity contribution >= 4 is 11.6 Å². The van der Waals surface area contributed by atoms with E-state index >= 15 is 0 Å². The third kappa shape index (κ3) is 3.46. The first-order valence-corrected chi connectivity index (χ1v) is 6.38. The number of halogens is 1. The van der Waals surface area contributed by atoms with Crippen molar-refractivity contribution in [1.82, 2.24) is 9.88 Å². The third-order valence-electron chi connectivity index (χ3n) is 2.80. The summed E-state index contributed by atoms with van der Waals surface area (Å²) < 4.78 is 0. The molecule has 2 nitrogen and oxygen atoms in total. The van der Waals surface area contributed by atoms with Crippen LogP contribution in [-0.2, 0) is 6.54 Å². The van der Waals surface area contributed by atoms with Crippen molar-refractivity contribution in [1.29, 1.82) is 0 Å². The van der Waals surface area contributed by atoms with Crippen molar-refractivity contribution in [2.24, 2.45) is 5.92 Å². The zero-order valence-corrected chi connectivity index (χ0v) is 10.7. The predicted molar refractivity (Wildman–Crippen MR) is 67.5 cm³/mol. The lowest BCUT2D eigenvalue weighted by atomic mass is 10.2. The second-order valence-corrected chi connectivity index (χ2v) is 5.39. The van der Waals surface area contributed by atoms with E-state index in [1.807, 2.05) is 12.1 Å². The lowest BCUT2D eigenvalue weighted by Gasteiger charge is -2.23. The highest BCUT2D eigenvalue weighted by atomic mass is 35.5. The van der Waals surface area contributed by atoms with Gasteiger partial charge < -0.3 is 0 Å². The van der Waals surface area contributed by atoms with Crippen LogP contribution in [0.1, 0.15) is 32.4 Å². The smallest absolute Gasteiger partial charge is 0.129 e. The summed E-state index contributed by atoms with van der Waals surface area (Å²) in [6.07, 6.45) is 2.68. The fourth-order valence-electron chi connectivity index (χ4n) is 2.00. The van der Waals surface area contributed by atoms with Gasteiger partial charge in [0, 0.05) is 19.1 Å². The van der Waals surface area contributed by atoms with Gasteiger partial charge in [0.25, 0.3) is 0 Å². The topological polar surface area (TPSA) is 16.1 Å². The standard InChI is InChI=1S/C13H19ClN2/c1-10(2)8-16(12-6-7-12)9-11-4-3-5-13(14)15-11/h3-5,10,12H,6-9H2,1-2H3. The van der Waals surface area contributed by atoms with Crippen LogP contribution in [0.15, 0.2) is 18.2 Å². The Bertz CT molecular complexity index is 348. The minimum Gasteiger partial charge on any atom is -0.294 e. The van der Waals surface area contributed by atoms with E-state index in [0.717, 1.165) is 24.8 Å². The minimum absolute atomic E-state index is 0.595. The second kappa shape index (κ2) is 5.15. The molecule has 88 valence electrons. The molecule has 0 radical (unpaired) electrons. The fourth-order valence-corrected chi connectivity index (χ4v) is 2.18. The second-order valence-electron chi connectivity index (χ2n) is 5.01. The largest absolute Gasteiger partial charge is 0.294 e. The summed E-state index contributed by atoms with van der Waals surface area (Å²) in [6, 6.07) is 6.64. The number of rotatable bonds is 5. The van der Waals surface area contributed by atoms with Gasteiger partial charge in [0.05, 0.1) is 5.69 Å². The summed E-state index contributed by atoms with van der Waals surface area (Å²) in [5.41, 5.74) is 1.08. The van der Waals surface area contributed by atoms with Crippen molar-refractivity contribution in [2.45, 2.75) is 39.3 Å². The average molecular weight is 239 g/mol. The number of aromatic nitrogens is 1. The summed E-state index contributed by atoms with van der Waals surface area (Å²) in [5, 5.41) is 0.595. The van der Waals surface area contributed by atoms with Crippen molar-refractivity contribution in [3.8, 4) is 0 Å².